The van der Waals surface area contributed by atoms with Crippen molar-refractivity contribution in [3.8, 4) is 6.07 Å². The highest BCUT2D eigenvalue weighted by atomic mass is 35.5. The van der Waals surface area contributed by atoms with E-state index in [-0.39, 0.29) is 8.68 Å². The van der Waals surface area contributed by atoms with E-state index in [9.17, 15) is 8.42 Å². The Morgan fingerprint density at radius 3 is 2.50 bits per heavy atom. The fraction of sp³-hybridized carbons (Fsp3) is 0. The number of hydrogen-bond acceptors (Lipinski definition) is 5. The Labute approximate surface area is 113 Å². The number of halogens is 1. The Morgan fingerprint density at radius 2 is 2.00 bits per heavy atom. The third-order valence-corrected chi connectivity index (χ3v) is 4.94. The fourth-order valence-electron chi connectivity index (χ4n) is 1.18. The van der Waals surface area contributed by atoms with Crippen molar-refractivity contribution in [2.24, 2.45) is 0 Å². The number of rotatable bonds is 3. The van der Waals surface area contributed by atoms with Crippen LogP contribution in [0, 0.1) is 11.3 Å². The number of benzene rings is 1. The van der Waals surface area contributed by atoms with Crippen LogP contribution in [-0.4, -0.2) is 13.4 Å². The fourth-order valence-corrected chi connectivity index (χ4v) is 3.53. The summed E-state index contributed by atoms with van der Waals surface area (Å²) in [6, 6.07) is 8.03. The lowest BCUT2D eigenvalue weighted by Crippen LogP contribution is -2.11. The van der Waals surface area contributed by atoms with Gasteiger partial charge in [0, 0.05) is 5.69 Å². The average Bonchev–Trinajstić information content (AvgIpc) is 2.77. The van der Waals surface area contributed by atoms with Gasteiger partial charge in [-0.2, -0.15) is 5.26 Å². The summed E-state index contributed by atoms with van der Waals surface area (Å²) in [6.07, 6.45) is 1.19. The lowest BCUT2D eigenvalue weighted by molar-refractivity contribution is 0.603. The molecule has 0 amide bonds. The molecule has 1 aromatic carbocycles. The highest BCUT2D eigenvalue weighted by Crippen LogP contribution is 2.24. The molecule has 0 fully saturated rings. The Bertz CT molecular complexity index is 701. The van der Waals surface area contributed by atoms with Crippen molar-refractivity contribution >= 4 is 38.6 Å². The monoisotopic (exact) mass is 299 g/mol. The summed E-state index contributed by atoms with van der Waals surface area (Å²) in [5.41, 5.74) is 0.831. The summed E-state index contributed by atoms with van der Waals surface area (Å²) in [7, 11) is -3.67. The van der Waals surface area contributed by atoms with Crippen LogP contribution < -0.4 is 4.72 Å². The van der Waals surface area contributed by atoms with Crippen LogP contribution in [0.3, 0.4) is 0 Å². The standard InChI is InChI=1S/C10H6ClN3O2S2/c11-10-13-6-9(17-10)18(15,16)14-8-3-1-7(5-12)2-4-8/h1-4,6,14H. The summed E-state index contributed by atoms with van der Waals surface area (Å²) in [5.74, 6) is 0. The van der Waals surface area contributed by atoms with Gasteiger partial charge in [0.2, 0.25) is 0 Å². The van der Waals surface area contributed by atoms with E-state index in [0.717, 1.165) is 11.3 Å². The minimum Gasteiger partial charge on any atom is -0.279 e. The second-order valence-electron chi connectivity index (χ2n) is 3.23. The number of sulfonamides is 1. The van der Waals surface area contributed by atoms with E-state index in [1.807, 2.05) is 6.07 Å². The minimum atomic E-state index is -3.67. The maximum absolute atomic E-state index is 11.9. The van der Waals surface area contributed by atoms with Crippen molar-refractivity contribution in [2.45, 2.75) is 4.21 Å². The number of hydrogen-bond donors (Lipinski definition) is 1. The SMILES string of the molecule is N#Cc1ccc(NS(=O)(=O)c2cnc(Cl)s2)cc1. The molecule has 2 aromatic rings. The van der Waals surface area contributed by atoms with Crippen LogP contribution in [-0.2, 0) is 10.0 Å². The molecule has 5 nitrogen and oxygen atoms in total. The molecule has 1 aromatic heterocycles. The van der Waals surface area contributed by atoms with Gasteiger partial charge in [-0.05, 0) is 24.3 Å². The third kappa shape index (κ3) is 2.79. The molecule has 0 saturated heterocycles. The van der Waals surface area contributed by atoms with Gasteiger partial charge in [-0.1, -0.05) is 22.9 Å². The number of aromatic nitrogens is 1. The number of nitrogens with zero attached hydrogens (tertiary/aromatic N) is 2. The van der Waals surface area contributed by atoms with Crippen molar-refractivity contribution in [2.75, 3.05) is 4.72 Å². The largest absolute Gasteiger partial charge is 0.279 e. The van der Waals surface area contributed by atoms with Gasteiger partial charge < -0.3 is 0 Å². The lowest BCUT2D eigenvalue weighted by Gasteiger charge is -2.05. The highest BCUT2D eigenvalue weighted by molar-refractivity contribution is 7.94. The van der Waals surface area contributed by atoms with Gasteiger partial charge in [-0.3, -0.25) is 4.72 Å². The minimum absolute atomic E-state index is 0.0388. The average molecular weight is 300 g/mol. The zero-order valence-electron chi connectivity index (χ0n) is 8.79. The maximum Gasteiger partial charge on any atom is 0.273 e. The molecule has 0 aliphatic heterocycles. The molecule has 0 spiro atoms. The Morgan fingerprint density at radius 1 is 1.33 bits per heavy atom. The van der Waals surface area contributed by atoms with Gasteiger partial charge >= 0.3 is 0 Å². The first-order valence-corrected chi connectivity index (χ1v) is 7.33. The number of nitrogens with one attached hydrogen (secondary N) is 1. The summed E-state index contributed by atoms with van der Waals surface area (Å²) in [4.78, 5) is 3.67. The summed E-state index contributed by atoms with van der Waals surface area (Å²) in [5, 5.41) is 8.63. The van der Waals surface area contributed by atoms with Crippen LogP contribution >= 0.6 is 22.9 Å². The van der Waals surface area contributed by atoms with Gasteiger partial charge in [0.1, 0.15) is 0 Å². The molecule has 18 heavy (non-hydrogen) atoms. The second kappa shape index (κ2) is 4.94. The Balaban J connectivity index is 2.25. The first-order chi connectivity index (χ1) is 8.51. The van der Waals surface area contributed by atoms with Crippen molar-refractivity contribution in [1.82, 2.24) is 4.98 Å². The predicted molar refractivity (Wildman–Crippen MR) is 69.1 cm³/mol. The molecule has 0 radical (unpaired) electrons. The van der Waals surface area contributed by atoms with Gasteiger partial charge in [0.15, 0.2) is 8.68 Å². The maximum atomic E-state index is 11.9. The second-order valence-corrected chi connectivity index (χ2v) is 6.75. The van der Waals surface area contributed by atoms with Gasteiger partial charge in [0.05, 0.1) is 17.8 Å². The zero-order chi connectivity index (χ0) is 13.2. The van der Waals surface area contributed by atoms with E-state index >= 15 is 0 Å². The summed E-state index contributed by atoms with van der Waals surface area (Å²) in [6.45, 7) is 0. The quantitative estimate of drug-likeness (QED) is 0.943. The molecule has 0 unspecified atom stereocenters. The first kappa shape index (κ1) is 12.8. The van der Waals surface area contributed by atoms with Crippen LogP contribution in [0.25, 0.3) is 0 Å². The van der Waals surface area contributed by atoms with Crippen LogP contribution in [0.4, 0.5) is 5.69 Å². The molecular formula is C10H6ClN3O2S2. The highest BCUT2D eigenvalue weighted by Gasteiger charge is 2.17. The predicted octanol–water partition coefficient (Wildman–Crippen LogP) is 2.47. The van der Waals surface area contributed by atoms with Crippen LogP contribution in [0.15, 0.2) is 34.7 Å². The van der Waals surface area contributed by atoms with Crippen molar-refractivity contribution in [3.63, 3.8) is 0 Å². The topological polar surface area (TPSA) is 82.9 Å². The molecule has 8 heteroatoms. The molecule has 0 bridgehead atoms. The smallest absolute Gasteiger partial charge is 0.273 e. The molecule has 0 atom stereocenters. The molecule has 1 N–H and O–H groups in total. The van der Waals surface area contributed by atoms with Crippen molar-refractivity contribution < 1.29 is 8.42 Å². The van der Waals surface area contributed by atoms with E-state index in [4.69, 9.17) is 16.9 Å². The van der Waals surface area contributed by atoms with E-state index < -0.39 is 10.0 Å². The summed E-state index contributed by atoms with van der Waals surface area (Å²) < 4.78 is 26.4. The normalized spacial score (nSPS) is 10.9. The van der Waals surface area contributed by atoms with Gasteiger partial charge in [-0.15, -0.1) is 0 Å². The molecule has 1 heterocycles. The van der Waals surface area contributed by atoms with Crippen LogP contribution in [0.5, 0.6) is 0 Å². The van der Waals surface area contributed by atoms with Gasteiger partial charge in [0.25, 0.3) is 10.0 Å². The lowest BCUT2D eigenvalue weighted by atomic mass is 10.2. The molecule has 2 rings (SSSR count). The van der Waals surface area contributed by atoms with Crippen molar-refractivity contribution in [1.29, 1.82) is 5.26 Å². The van der Waals surface area contributed by atoms with E-state index in [0.29, 0.717) is 11.3 Å². The van der Waals surface area contributed by atoms with Crippen molar-refractivity contribution in [3.05, 3.63) is 40.5 Å². The summed E-state index contributed by atoms with van der Waals surface area (Å²) >= 11 is 6.46. The van der Waals surface area contributed by atoms with E-state index in [1.165, 1.54) is 30.5 Å². The Hall–Kier alpha value is -1.62. The molecule has 0 saturated carbocycles. The molecule has 0 aliphatic rings. The Kier molecular flexibility index (Phi) is 3.52. The molecule has 0 aliphatic carbocycles. The molecular weight excluding hydrogens is 294 g/mol. The van der Waals surface area contributed by atoms with Gasteiger partial charge in [-0.25, -0.2) is 13.4 Å². The van der Waals surface area contributed by atoms with Crippen LogP contribution in [0.2, 0.25) is 4.47 Å². The third-order valence-electron chi connectivity index (χ3n) is 1.99. The zero-order valence-corrected chi connectivity index (χ0v) is 11.2. The number of thiazole rings is 1. The number of nitriles is 1. The molecule has 92 valence electrons. The number of anilines is 1. The van der Waals surface area contributed by atoms with E-state index in [1.54, 1.807) is 0 Å². The first-order valence-electron chi connectivity index (χ1n) is 4.65. The van der Waals surface area contributed by atoms with E-state index in [2.05, 4.69) is 9.71 Å². The van der Waals surface area contributed by atoms with Crippen LogP contribution in [0.1, 0.15) is 5.56 Å².